The van der Waals surface area contributed by atoms with E-state index in [9.17, 15) is 23.2 Å². The minimum Gasteiger partial charge on any atom is -0.459 e. The molecule has 0 fully saturated rings. The Morgan fingerprint density at radius 2 is 1.71 bits per heavy atom. The number of rotatable bonds is 9. The summed E-state index contributed by atoms with van der Waals surface area (Å²) in [5.41, 5.74) is 1.24. The standard InChI is InChI=1S/C23H25F2NO4S/c1-14(18-9-10-20(24)21(25)11-18)19(13-31-16(3)27)22(28)26-15(2)23(29)30-12-17-7-5-4-6-8-17/h4-11,14-15,19H,12-13H2,1-3H3,(H,26,28). The molecule has 0 bridgehead atoms. The molecule has 0 heterocycles. The molecular weight excluding hydrogens is 424 g/mol. The molecule has 0 spiro atoms. The van der Waals surface area contributed by atoms with Gasteiger partial charge < -0.3 is 10.1 Å². The number of carbonyl (C=O) groups excluding carboxylic acids is 3. The summed E-state index contributed by atoms with van der Waals surface area (Å²) in [5.74, 6) is -4.21. The normalized spacial score (nSPS) is 13.7. The molecular formula is C23H25F2NO4S. The van der Waals surface area contributed by atoms with Crippen LogP contribution in [0.1, 0.15) is 37.8 Å². The van der Waals surface area contributed by atoms with E-state index in [2.05, 4.69) is 5.32 Å². The van der Waals surface area contributed by atoms with E-state index < -0.39 is 41.4 Å². The average molecular weight is 450 g/mol. The fourth-order valence-corrected chi connectivity index (χ4v) is 3.77. The highest BCUT2D eigenvalue weighted by molar-refractivity contribution is 8.13. The molecule has 0 saturated heterocycles. The molecule has 166 valence electrons. The van der Waals surface area contributed by atoms with E-state index in [0.717, 1.165) is 29.5 Å². The lowest BCUT2D eigenvalue weighted by molar-refractivity contribution is -0.149. The van der Waals surface area contributed by atoms with Crippen LogP contribution in [-0.4, -0.2) is 28.8 Å². The Hall–Kier alpha value is -2.74. The van der Waals surface area contributed by atoms with Gasteiger partial charge in [-0.2, -0.15) is 0 Å². The summed E-state index contributed by atoms with van der Waals surface area (Å²) in [6.45, 7) is 4.65. The number of esters is 1. The molecule has 2 aromatic carbocycles. The lowest BCUT2D eigenvalue weighted by Gasteiger charge is -2.25. The lowest BCUT2D eigenvalue weighted by Crippen LogP contribution is -2.44. The fraction of sp³-hybridized carbons (Fsp3) is 0.348. The molecule has 2 rings (SSSR count). The maximum absolute atomic E-state index is 13.7. The van der Waals surface area contributed by atoms with Crippen molar-refractivity contribution in [3.8, 4) is 0 Å². The Bertz CT molecular complexity index is 923. The van der Waals surface area contributed by atoms with Gasteiger partial charge in [0.1, 0.15) is 12.6 Å². The van der Waals surface area contributed by atoms with Crippen LogP contribution in [0.3, 0.4) is 0 Å². The number of carbonyl (C=O) groups is 3. The van der Waals surface area contributed by atoms with Crippen LogP contribution in [0.5, 0.6) is 0 Å². The van der Waals surface area contributed by atoms with Crippen molar-refractivity contribution < 1.29 is 27.9 Å². The fourth-order valence-electron chi connectivity index (χ4n) is 2.92. The summed E-state index contributed by atoms with van der Waals surface area (Å²) >= 11 is 0.957. The number of hydrogen-bond donors (Lipinski definition) is 1. The van der Waals surface area contributed by atoms with Crippen LogP contribution >= 0.6 is 11.8 Å². The second-order valence-electron chi connectivity index (χ2n) is 7.19. The van der Waals surface area contributed by atoms with Gasteiger partial charge in [0.2, 0.25) is 5.91 Å². The molecule has 0 saturated carbocycles. The van der Waals surface area contributed by atoms with Crippen LogP contribution in [0.15, 0.2) is 48.5 Å². The summed E-state index contributed by atoms with van der Waals surface area (Å²) in [6, 6.07) is 11.6. The zero-order valence-corrected chi connectivity index (χ0v) is 18.4. The van der Waals surface area contributed by atoms with E-state index in [1.54, 1.807) is 6.92 Å². The van der Waals surface area contributed by atoms with E-state index in [4.69, 9.17) is 4.74 Å². The second-order valence-corrected chi connectivity index (χ2v) is 8.39. The van der Waals surface area contributed by atoms with Gasteiger partial charge in [-0.25, -0.2) is 13.6 Å². The van der Waals surface area contributed by atoms with Crippen molar-refractivity contribution in [3.63, 3.8) is 0 Å². The first-order valence-electron chi connectivity index (χ1n) is 9.78. The van der Waals surface area contributed by atoms with Crippen molar-refractivity contribution in [3.05, 3.63) is 71.3 Å². The van der Waals surface area contributed by atoms with Gasteiger partial charge in [-0.15, -0.1) is 0 Å². The van der Waals surface area contributed by atoms with Crippen molar-refractivity contribution in [2.75, 3.05) is 5.75 Å². The van der Waals surface area contributed by atoms with Crippen LogP contribution in [0.2, 0.25) is 0 Å². The maximum Gasteiger partial charge on any atom is 0.328 e. The summed E-state index contributed by atoms with van der Waals surface area (Å²) < 4.78 is 32.2. The Morgan fingerprint density at radius 3 is 2.32 bits per heavy atom. The van der Waals surface area contributed by atoms with Crippen LogP contribution in [0.4, 0.5) is 8.78 Å². The molecule has 3 atom stereocenters. The predicted molar refractivity (Wildman–Crippen MR) is 115 cm³/mol. The van der Waals surface area contributed by atoms with Crippen LogP contribution < -0.4 is 5.32 Å². The summed E-state index contributed by atoms with van der Waals surface area (Å²) in [6.07, 6.45) is 0. The zero-order chi connectivity index (χ0) is 23.0. The van der Waals surface area contributed by atoms with Gasteiger partial charge in [-0.05, 0) is 36.1 Å². The molecule has 0 radical (unpaired) electrons. The minimum absolute atomic E-state index is 0.0781. The van der Waals surface area contributed by atoms with E-state index in [-0.39, 0.29) is 17.5 Å². The highest BCUT2D eigenvalue weighted by Crippen LogP contribution is 2.29. The van der Waals surface area contributed by atoms with Gasteiger partial charge in [0.25, 0.3) is 0 Å². The number of ether oxygens (including phenoxy) is 1. The van der Waals surface area contributed by atoms with Gasteiger partial charge >= 0.3 is 5.97 Å². The summed E-state index contributed by atoms with van der Waals surface area (Å²) in [5, 5.41) is 2.44. The molecule has 0 aliphatic rings. The molecule has 31 heavy (non-hydrogen) atoms. The third kappa shape index (κ3) is 7.47. The first-order chi connectivity index (χ1) is 14.7. The van der Waals surface area contributed by atoms with Crippen molar-refractivity contribution in [2.45, 2.75) is 39.3 Å². The maximum atomic E-state index is 13.7. The summed E-state index contributed by atoms with van der Waals surface area (Å²) in [7, 11) is 0. The quantitative estimate of drug-likeness (QED) is 0.581. The molecule has 1 N–H and O–H groups in total. The van der Waals surface area contributed by atoms with E-state index >= 15 is 0 Å². The van der Waals surface area contributed by atoms with Gasteiger partial charge in [0, 0.05) is 12.7 Å². The number of thioether (sulfide) groups is 1. The molecule has 2 aromatic rings. The minimum atomic E-state index is -1.01. The predicted octanol–water partition coefficient (Wildman–Crippen LogP) is 4.21. The third-order valence-electron chi connectivity index (χ3n) is 4.81. The number of amides is 1. The number of hydrogen-bond acceptors (Lipinski definition) is 5. The van der Waals surface area contributed by atoms with Crippen molar-refractivity contribution >= 4 is 28.8 Å². The SMILES string of the molecule is CC(=O)SCC(C(=O)NC(C)C(=O)OCc1ccccc1)C(C)c1ccc(F)c(F)c1. The lowest BCUT2D eigenvalue weighted by atomic mass is 9.88. The van der Waals surface area contributed by atoms with Crippen molar-refractivity contribution in [1.82, 2.24) is 5.32 Å². The highest BCUT2D eigenvalue weighted by atomic mass is 32.2. The van der Waals surface area contributed by atoms with E-state index in [0.29, 0.717) is 5.56 Å². The molecule has 0 aliphatic heterocycles. The third-order valence-corrected chi connectivity index (χ3v) is 5.74. The Morgan fingerprint density at radius 1 is 1.03 bits per heavy atom. The van der Waals surface area contributed by atoms with Gasteiger partial charge in [0.15, 0.2) is 16.7 Å². The zero-order valence-electron chi connectivity index (χ0n) is 17.6. The van der Waals surface area contributed by atoms with E-state index in [1.165, 1.54) is 19.9 Å². The number of halogens is 2. The monoisotopic (exact) mass is 449 g/mol. The molecule has 0 aromatic heterocycles. The number of nitrogens with one attached hydrogen (secondary N) is 1. The first kappa shape index (κ1) is 24.5. The summed E-state index contributed by atoms with van der Waals surface area (Å²) in [4.78, 5) is 36.6. The molecule has 3 unspecified atom stereocenters. The van der Waals surface area contributed by atoms with Gasteiger partial charge in [-0.3, -0.25) is 9.59 Å². The Labute approximate surface area is 184 Å². The van der Waals surface area contributed by atoms with Crippen molar-refractivity contribution in [2.24, 2.45) is 5.92 Å². The average Bonchev–Trinajstić information content (AvgIpc) is 2.74. The highest BCUT2D eigenvalue weighted by Gasteiger charge is 2.30. The van der Waals surface area contributed by atoms with Crippen molar-refractivity contribution in [1.29, 1.82) is 0 Å². The van der Waals surface area contributed by atoms with Gasteiger partial charge in [0.05, 0.1) is 5.92 Å². The Kier molecular flexibility index (Phi) is 9.18. The first-order valence-corrected chi connectivity index (χ1v) is 10.8. The van der Waals surface area contributed by atoms with Gasteiger partial charge in [-0.1, -0.05) is 55.1 Å². The largest absolute Gasteiger partial charge is 0.459 e. The topological polar surface area (TPSA) is 72.5 Å². The molecule has 5 nitrogen and oxygen atoms in total. The molecule has 0 aliphatic carbocycles. The van der Waals surface area contributed by atoms with Crippen LogP contribution in [0.25, 0.3) is 0 Å². The smallest absolute Gasteiger partial charge is 0.328 e. The number of benzene rings is 2. The van der Waals surface area contributed by atoms with E-state index in [1.807, 2.05) is 30.3 Å². The molecule has 8 heteroatoms. The molecule has 1 amide bonds. The Balaban J connectivity index is 2.06. The second kappa shape index (κ2) is 11.6. The van der Waals surface area contributed by atoms with Crippen LogP contribution in [-0.2, 0) is 25.7 Å². The van der Waals surface area contributed by atoms with Crippen LogP contribution in [0, 0.1) is 17.6 Å².